The maximum absolute atomic E-state index is 5.43. The van der Waals surface area contributed by atoms with Gasteiger partial charge in [-0.25, -0.2) is 4.98 Å². The third-order valence-corrected chi connectivity index (χ3v) is 6.15. The lowest BCUT2D eigenvalue weighted by atomic mass is 9.95. The Labute approximate surface area is 170 Å². The molecule has 0 N–H and O–H groups in total. The SMILES string of the molecule is CC(=S)N1CCc2nc(SCc3ccccc3)cc(-c3ccccc3)c2C1. The molecule has 1 aliphatic heterocycles. The van der Waals surface area contributed by atoms with Crippen molar-refractivity contribution in [3.05, 3.63) is 83.6 Å². The Kier molecular flexibility index (Phi) is 5.55. The summed E-state index contributed by atoms with van der Waals surface area (Å²) >= 11 is 7.24. The molecule has 2 heterocycles. The second kappa shape index (κ2) is 8.24. The highest BCUT2D eigenvalue weighted by Gasteiger charge is 2.22. The highest BCUT2D eigenvalue weighted by Crippen LogP contribution is 2.34. The fraction of sp³-hybridized carbons (Fsp3) is 0.217. The number of aromatic nitrogens is 1. The first-order chi connectivity index (χ1) is 13.2. The standard InChI is InChI=1S/C23H22N2S2/c1-17(26)25-13-12-22-21(15-25)20(19-10-6-3-7-11-19)14-23(24-22)27-16-18-8-4-2-5-9-18/h2-11,14H,12-13,15-16H2,1H3. The van der Waals surface area contributed by atoms with E-state index in [-0.39, 0.29) is 0 Å². The van der Waals surface area contributed by atoms with E-state index in [1.807, 2.05) is 18.7 Å². The van der Waals surface area contributed by atoms with Crippen LogP contribution < -0.4 is 0 Å². The summed E-state index contributed by atoms with van der Waals surface area (Å²) in [5.74, 6) is 0.937. The quantitative estimate of drug-likeness (QED) is 0.416. The summed E-state index contributed by atoms with van der Waals surface area (Å²) in [4.78, 5) is 8.24. The van der Waals surface area contributed by atoms with E-state index in [2.05, 4.69) is 71.6 Å². The molecule has 0 saturated heterocycles. The molecule has 0 atom stereocenters. The molecule has 0 bridgehead atoms. The van der Waals surface area contributed by atoms with Gasteiger partial charge < -0.3 is 4.90 Å². The zero-order chi connectivity index (χ0) is 18.6. The molecular formula is C23H22N2S2. The molecule has 0 radical (unpaired) electrons. The Hall–Kier alpha value is -2.17. The van der Waals surface area contributed by atoms with Crippen molar-refractivity contribution in [2.45, 2.75) is 30.7 Å². The van der Waals surface area contributed by atoms with E-state index in [1.54, 1.807) is 0 Å². The Balaban J connectivity index is 1.69. The second-order valence-corrected chi connectivity index (χ2v) is 8.35. The molecule has 0 saturated carbocycles. The lowest BCUT2D eigenvalue weighted by Gasteiger charge is -2.31. The zero-order valence-corrected chi connectivity index (χ0v) is 17.0. The summed E-state index contributed by atoms with van der Waals surface area (Å²) in [6.07, 6.45) is 0.947. The summed E-state index contributed by atoms with van der Waals surface area (Å²) in [5.41, 5.74) is 6.41. The first-order valence-electron chi connectivity index (χ1n) is 9.21. The minimum absolute atomic E-state index is 0.853. The largest absolute Gasteiger partial charge is 0.362 e. The van der Waals surface area contributed by atoms with Gasteiger partial charge in [-0.05, 0) is 29.7 Å². The molecule has 3 aromatic rings. The Morgan fingerprint density at radius 3 is 2.48 bits per heavy atom. The van der Waals surface area contributed by atoms with E-state index >= 15 is 0 Å². The number of nitrogens with zero attached hydrogens (tertiary/aromatic N) is 2. The molecule has 27 heavy (non-hydrogen) atoms. The van der Waals surface area contributed by atoms with E-state index < -0.39 is 0 Å². The smallest absolute Gasteiger partial charge is 0.0972 e. The second-order valence-electron chi connectivity index (χ2n) is 6.76. The molecule has 4 heteroatoms. The van der Waals surface area contributed by atoms with E-state index in [0.717, 1.165) is 35.3 Å². The van der Waals surface area contributed by atoms with Crippen molar-refractivity contribution in [1.82, 2.24) is 9.88 Å². The molecule has 136 valence electrons. The fourth-order valence-corrected chi connectivity index (χ4v) is 4.48. The number of fused-ring (bicyclic) bond motifs is 1. The van der Waals surface area contributed by atoms with Crippen molar-refractivity contribution in [1.29, 1.82) is 0 Å². The predicted molar refractivity (Wildman–Crippen MR) is 118 cm³/mol. The van der Waals surface area contributed by atoms with E-state index in [1.165, 1.54) is 27.9 Å². The van der Waals surface area contributed by atoms with Crippen molar-refractivity contribution in [2.24, 2.45) is 0 Å². The summed E-state index contributed by atoms with van der Waals surface area (Å²) in [5, 5.41) is 1.10. The van der Waals surface area contributed by atoms with Gasteiger partial charge in [-0.1, -0.05) is 72.9 Å². The van der Waals surface area contributed by atoms with Gasteiger partial charge in [0.2, 0.25) is 0 Å². The molecule has 2 aromatic carbocycles. The maximum atomic E-state index is 5.43. The minimum atomic E-state index is 0.853. The van der Waals surface area contributed by atoms with Gasteiger partial charge in [0.05, 0.1) is 10.0 Å². The number of pyridine rings is 1. The van der Waals surface area contributed by atoms with Crippen LogP contribution in [0.5, 0.6) is 0 Å². The molecule has 1 aromatic heterocycles. The van der Waals surface area contributed by atoms with Gasteiger partial charge in [0.15, 0.2) is 0 Å². The third-order valence-electron chi connectivity index (χ3n) is 4.91. The summed E-state index contributed by atoms with van der Waals surface area (Å²) in [7, 11) is 0. The molecule has 2 nitrogen and oxygen atoms in total. The Bertz CT molecular complexity index is 939. The van der Waals surface area contributed by atoms with Gasteiger partial charge >= 0.3 is 0 Å². The van der Waals surface area contributed by atoms with Crippen molar-refractivity contribution >= 4 is 29.0 Å². The van der Waals surface area contributed by atoms with Crippen molar-refractivity contribution in [3.63, 3.8) is 0 Å². The summed E-state index contributed by atoms with van der Waals surface area (Å²) in [6, 6.07) is 23.5. The van der Waals surface area contributed by atoms with E-state index in [9.17, 15) is 0 Å². The molecule has 4 rings (SSSR count). The topological polar surface area (TPSA) is 16.1 Å². The average molecular weight is 391 g/mol. The first kappa shape index (κ1) is 18.2. The van der Waals surface area contributed by atoms with Crippen LogP contribution in [-0.4, -0.2) is 21.4 Å². The highest BCUT2D eigenvalue weighted by atomic mass is 32.2. The van der Waals surface area contributed by atoms with Crippen LogP contribution in [0.4, 0.5) is 0 Å². The highest BCUT2D eigenvalue weighted by molar-refractivity contribution is 7.98. The first-order valence-corrected chi connectivity index (χ1v) is 10.6. The van der Waals surface area contributed by atoms with Crippen LogP contribution in [0, 0.1) is 0 Å². The summed E-state index contributed by atoms with van der Waals surface area (Å²) in [6.45, 7) is 3.82. The van der Waals surface area contributed by atoms with Crippen LogP contribution in [0.3, 0.4) is 0 Å². The van der Waals surface area contributed by atoms with Gasteiger partial charge in [-0.2, -0.15) is 0 Å². The van der Waals surface area contributed by atoms with Crippen molar-refractivity contribution < 1.29 is 0 Å². The predicted octanol–water partition coefficient (Wildman–Crippen LogP) is 5.75. The average Bonchev–Trinajstić information content (AvgIpc) is 2.72. The number of thioether (sulfide) groups is 1. The van der Waals surface area contributed by atoms with Crippen LogP contribution in [0.2, 0.25) is 0 Å². The van der Waals surface area contributed by atoms with Crippen LogP contribution in [0.1, 0.15) is 23.7 Å². The Morgan fingerprint density at radius 2 is 1.78 bits per heavy atom. The Morgan fingerprint density at radius 1 is 1.07 bits per heavy atom. The molecule has 0 aliphatic carbocycles. The molecular weight excluding hydrogens is 368 g/mol. The lowest BCUT2D eigenvalue weighted by molar-refractivity contribution is 0.393. The van der Waals surface area contributed by atoms with Gasteiger partial charge in [-0.3, -0.25) is 0 Å². The zero-order valence-electron chi connectivity index (χ0n) is 15.4. The monoisotopic (exact) mass is 390 g/mol. The maximum Gasteiger partial charge on any atom is 0.0972 e. The molecule has 0 amide bonds. The molecule has 0 unspecified atom stereocenters. The van der Waals surface area contributed by atoms with Crippen LogP contribution >= 0.6 is 24.0 Å². The lowest BCUT2D eigenvalue weighted by Crippen LogP contribution is -2.34. The fourth-order valence-electron chi connectivity index (χ4n) is 3.44. The van der Waals surface area contributed by atoms with Crippen LogP contribution in [0.15, 0.2) is 71.8 Å². The molecule has 0 fully saturated rings. The molecule has 1 aliphatic rings. The number of benzene rings is 2. The molecule has 0 spiro atoms. The summed E-state index contributed by atoms with van der Waals surface area (Å²) < 4.78 is 0. The van der Waals surface area contributed by atoms with Gasteiger partial charge in [0.1, 0.15) is 0 Å². The van der Waals surface area contributed by atoms with Crippen molar-refractivity contribution in [3.8, 4) is 11.1 Å². The normalized spacial score (nSPS) is 13.3. The number of thiocarbonyl (C=S) groups is 1. The van der Waals surface area contributed by atoms with Crippen LogP contribution in [0.25, 0.3) is 11.1 Å². The number of hydrogen-bond acceptors (Lipinski definition) is 3. The van der Waals surface area contributed by atoms with E-state index in [4.69, 9.17) is 17.2 Å². The van der Waals surface area contributed by atoms with Crippen molar-refractivity contribution in [2.75, 3.05) is 6.54 Å². The van der Waals surface area contributed by atoms with Gasteiger partial charge in [0.25, 0.3) is 0 Å². The van der Waals surface area contributed by atoms with Crippen LogP contribution in [-0.2, 0) is 18.7 Å². The van der Waals surface area contributed by atoms with Gasteiger partial charge in [0, 0.05) is 36.5 Å². The number of rotatable bonds is 4. The number of hydrogen-bond donors (Lipinski definition) is 0. The third kappa shape index (κ3) is 4.23. The van der Waals surface area contributed by atoms with E-state index in [0.29, 0.717) is 0 Å². The van der Waals surface area contributed by atoms with Gasteiger partial charge in [-0.15, -0.1) is 11.8 Å². The minimum Gasteiger partial charge on any atom is -0.362 e.